The summed E-state index contributed by atoms with van der Waals surface area (Å²) in [4.78, 5) is 12.8. The van der Waals surface area contributed by atoms with E-state index in [1.54, 1.807) is 7.11 Å². The van der Waals surface area contributed by atoms with Crippen molar-refractivity contribution in [2.24, 2.45) is 5.73 Å². The van der Waals surface area contributed by atoms with Crippen molar-refractivity contribution in [1.82, 2.24) is 0 Å². The van der Waals surface area contributed by atoms with E-state index < -0.39 is 5.92 Å². The molecule has 0 saturated heterocycles. The summed E-state index contributed by atoms with van der Waals surface area (Å²) in [6, 6.07) is 15.3. The van der Waals surface area contributed by atoms with Gasteiger partial charge in [0.1, 0.15) is 35.5 Å². The molecule has 31 heavy (non-hydrogen) atoms. The van der Waals surface area contributed by atoms with Crippen molar-refractivity contribution >= 4 is 21.7 Å². The first-order valence-corrected chi connectivity index (χ1v) is 10.7. The fourth-order valence-electron chi connectivity index (χ4n) is 4.00. The molecule has 1 aliphatic heterocycles. The number of ketones is 1. The van der Waals surface area contributed by atoms with Crippen LogP contribution in [0.25, 0.3) is 0 Å². The van der Waals surface area contributed by atoms with Gasteiger partial charge in [0, 0.05) is 28.5 Å². The number of carbonyl (C=O) groups is 1. The number of carbonyl (C=O) groups excluding carboxylic acids is 1. The zero-order valence-corrected chi connectivity index (χ0v) is 18.6. The molecule has 0 spiro atoms. The van der Waals surface area contributed by atoms with E-state index in [0.29, 0.717) is 42.1 Å². The number of hydrogen-bond donors (Lipinski definition) is 1. The largest absolute Gasteiger partial charge is 0.496 e. The fourth-order valence-corrected chi connectivity index (χ4v) is 4.38. The number of nitrogens with zero attached hydrogens (tertiary/aromatic N) is 1. The number of hydrogen-bond acceptors (Lipinski definition) is 6. The lowest BCUT2D eigenvalue weighted by Crippen LogP contribution is -2.27. The van der Waals surface area contributed by atoms with Crippen LogP contribution in [0.2, 0.25) is 0 Å². The zero-order chi connectivity index (χ0) is 22.0. The van der Waals surface area contributed by atoms with E-state index in [-0.39, 0.29) is 23.8 Å². The SMILES string of the molecule is COc1ccc([C@H]2C(C#N)=C(N)OC3=C2C(=O)CCC3)cc1COc1cccc(Br)c1. The number of Topliss-reactive ketones (excluding diaryl/α,β-unsaturated/α-hetero) is 1. The first kappa shape index (κ1) is 21.0. The van der Waals surface area contributed by atoms with Crippen LogP contribution in [0.4, 0.5) is 0 Å². The zero-order valence-electron chi connectivity index (χ0n) is 17.0. The standard InChI is InChI=1S/C24H21BrN2O4/c1-29-20-9-8-14(10-15(20)13-30-17-5-2-4-16(25)11-17)22-18(12-26)24(27)31-21-7-3-6-19(28)23(21)22/h2,4-5,8-11,22H,3,6-7,13,27H2,1H3/t22-/m0/s1. The number of nitrogens with two attached hydrogens (primary N) is 1. The molecule has 0 saturated carbocycles. The van der Waals surface area contributed by atoms with Gasteiger partial charge in [-0.1, -0.05) is 28.1 Å². The highest BCUT2D eigenvalue weighted by atomic mass is 79.9. The highest BCUT2D eigenvalue weighted by Crippen LogP contribution is 2.44. The number of methoxy groups -OCH3 is 1. The Bertz CT molecular complexity index is 1150. The Morgan fingerprint density at radius 1 is 1.26 bits per heavy atom. The van der Waals surface area contributed by atoms with Crippen molar-refractivity contribution in [3.8, 4) is 17.6 Å². The second kappa shape index (κ2) is 8.86. The van der Waals surface area contributed by atoms with Gasteiger partial charge in [0.25, 0.3) is 0 Å². The van der Waals surface area contributed by atoms with Crippen molar-refractivity contribution < 1.29 is 19.0 Å². The number of benzene rings is 2. The lowest BCUT2D eigenvalue weighted by molar-refractivity contribution is -0.116. The summed E-state index contributed by atoms with van der Waals surface area (Å²) in [6.07, 6.45) is 1.78. The maximum absolute atomic E-state index is 12.8. The van der Waals surface area contributed by atoms with E-state index in [2.05, 4.69) is 22.0 Å². The molecule has 0 amide bonds. The van der Waals surface area contributed by atoms with Crippen LogP contribution in [0.3, 0.4) is 0 Å². The first-order chi connectivity index (χ1) is 15.0. The van der Waals surface area contributed by atoms with Gasteiger partial charge in [-0.25, -0.2) is 0 Å². The molecule has 2 aliphatic rings. The molecule has 7 heteroatoms. The van der Waals surface area contributed by atoms with Gasteiger partial charge in [0.05, 0.1) is 13.0 Å². The maximum Gasteiger partial charge on any atom is 0.205 e. The van der Waals surface area contributed by atoms with Gasteiger partial charge >= 0.3 is 0 Å². The molecule has 0 bridgehead atoms. The molecule has 0 aromatic heterocycles. The quantitative estimate of drug-likeness (QED) is 0.656. The highest BCUT2D eigenvalue weighted by molar-refractivity contribution is 9.10. The predicted octanol–water partition coefficient (Wildman–Crippen LogP) is 4.85. The monoisotopic (exact) mass is 480 g/mol. The van der Waals surface area contributed by atoms with Gasteiger partial charge in [-0.15, -0.1) is 0 Å². The van der Waals surface area contributed by atoms with Crippen molar-refractivity contribution in [2.45, 2.75) is 31.8 Å². The summed E-state index contributed by atoms with van der Waals surface area (Å²) in [5.74, 6) is 1.43. The normalized spacial score (nSPS) is 18.2. The Labute approximate surface area is 189 Å². The van der Waals surface area contributed by atoms with E-state index in [4.69, 9.17) is 19.9 Å². The van der Waals surface area contributed by atoms with Gasteiger partial charge in [0.2, 0.25) is 5.88 Å². The third kappa shape index (κ3) is 4.17. The van der Waals surface area contributed by atoms with Gasteiger partial charge in [0.15, 0.2) is 5.78 Å². The summed E-state index contributed by atoms with van der Waals surface area (Å²) in [6.45, 7) is 0.262. The molecule has 0 radical (unpaired) electrons. The van der Waals surface area contributed by atoms with Crippen molar-refractivity contribution in [1.29, 1.82) is 5.26 Å². The Balaban J connectivity index is 1.73. The van der Waals surface area contributed by atoms with Gasteiger partial charge < -0.3 is 19.9 Å². The number of halogens is 1. The molecule has 1 atom stereocenters. The van der Waals surface area contributed by atoms with E-state index in [1.807, 2.05) is 42.5 Å². The molecule has 2 N–H and O–H groups in total. The van der Waals surface area contributed by atoms with Gasteiger partial charge in [-0.2, -0.15) is 5.26 Å². The van der Waals surface area contributed by atoms with Crippen LogP contribution in [0.1, 0.15) is 36.3 Å². The van der Waals surface area contributed by atoms with E-state index in [1.165, 1.54) is 0 Å². The smallest absolute Gasteiger partial charge is 0.205 e. The number of rotatable bonds is 5. The van der Waals surface area contributed by atoms with Crippen molar-refractivity contribution in [2.75, 3.05) is 7.11 Å². The minimum Gasteiger partial charge on any atom is -0.496 e. The van der Waals surface area contributed by atoms with Crippen LogP contribution < -0.4 is 15.2 Å². The van der Waals surface area contributed by atoms with Crippen LogP contribution in [0.5, 0.6) is 11.5 Å². The molecular formula is C24H21BrN2O4. The summed E-state index contributed by atoms with van der Waals surface area (Å²) in [5, 5.41) is 9.76. The minimum atomic E-state index is -0.558. The fraction of sp³-hybridized carbons (Fsp3) is 0.250. The second-order valence-corrected chi connectivity index (χ2v) is 8.27. The Morgan fingerprint density at radius 2 is 2.10 bits per heavy atom. The molecule has 0 fully saturated rings. The summed E-state index contributed by atoms with van der Waals surface area (Å²) in [7, 11) is 1.59. The van der Waals surface area contributed by atoms with Gasteiger partial charge in [-0.05, 0) is 42.3 Å². The molecule has 4 rings (SSSR count). The third-order valence-corrected chi connectivity index (χ3v) is 5.93. The van der Waals surface area contributed by atoms with E-state index in [0.717, 1.165) is 15.6 Å². The Hall–Kier alpha value is -3.24. The van der Waals surface area contributed by atoms with E-state index in [9.17, 15) is 10.1 Å². The minimum absolute atomic E-state index is 0.00532. The summed E-state index contributed by atoms with van der Waals surface area (Å²) >= 11 is 3.44. The third-order valence-electron chi connectivity index (χ3n) is 5.43. The number of ether oxygens (including phenoxy) is 3. The van der Waals surface area contributed by atoms with Crippen LogP contribution in [-0.4, -0.2) is 12.9 Å². The number of allylic oxidation sites excluding steroid dienone is 3. The lowest BCUT2D eigenvalue weighted by Gasteiger charge is -2.31. The summed E-state index contributed by atoms with van der Waals surface area (Å²) in [5.41, 5.74) is 8.40. The molecule has 6 nitrogen and oxygen atoms in total. The van der Waals surface area contributed by atoms with Crippen LogP contribution in [-0.2, 0) is 16.1 Å². The first-order valence-electron chi connectivity index (χ1n) is 9.90. The van der Waals surface area contributed by atoms with Crippen molar-refractivity contribution in [3.63, 3.8) is 0 Å². The molecule has 1 aliphatic carbocycles. The highest BCUT2D eigenvalue weighted by Gasteiger charge is 2.38. The second-order valence-electron chi connectivity index (χ2n) is 7.36. The molecule has 2 aromatic carbocycles. The Morgan fingerprint density at radius 3 is 2.84 bits per heavy atom. The molecular weight excluding hydrogens is 460 g/mol. The number of nitriles is 1. The maximum atomic E-state index is 12.8. The van der Waals surface area contributed by atoms with Crippen LogP contribution >= 0.6 is 15.9 Å². The predicted molar refractivity (Wildman–Crippen MR) is 118 cm³/mol. The van der Waals surface area contributed by atoms with E-state index >= 15 is 0 Å². The molecule has 2 aromatic rings. The average Bonchev–Trinajstić information content (AvgIpc) is 2.77. The molecule has 1 heterocycles. The molecule has 158 valence electrons. The topological polar surface area (TPSA) is 94.6 Å². The van der Waals surface area contributed by atoms with Crippen molar-refractivity contribution in [3.05, 3.63) is 80.9 Å². The van der Waals surface area contributed by atoms with Gasteiger partial charge in [-0.3, -0.25) is 4.79 Å². The Kier molecular flexibility index (Phi) is 6.01. The van der Waals surface area contributed by atoms with Crippen LogP contribution in [0.15, 0.2) is 69.7 Å². The average molecular weight is 481 g/mol. The summed E-state index contributed by atoms with van der Waals surface area (Å²) < 4.78 is 18.0. The van der Waals surface area contributed by atoms with Crippen LogP contribution in [0, 0.1) is 11.3 Å². The molecule has 0 unspecified atom stereocenters. The lowest BCUT2D eigenvalue weighted by atomic mass is 9.77.